The number of aromatic amines is 2. The molecule has 3 rings (SSSR count). The second kappa shape index (κ2) is 3.96. The first-order chi connectivity index (χ1) is 8.74. The van der Waals surface area contributed by atoms with Crippen LogP contribution in [0, 0.1) is 0 Å². The number of H-pyrrole nitrogens is 2. The van der Waals surface area contributed by atoms with Gasteiger partial charge >= 0.3 is 5.69 Å². The third-order valence-electron chi connectivity index (χ3n) is 2.72. The molecule has 1 aromatic carbocycles. The highest BCUT2D eigenvalue weighted by Gasteiger charge is 2.09. The maximum Gasteiger partial charge on any atom is 0.323 e. The molecule has 0 unspecified atom stereocenters. The molecule has 0 radical (unpaired) electrons. The number of benzene rings is 1. The first kappa shape index (κ1) is 10.5. The summed E-state index contributed by atoms with van der Waals surface area (Å²) in [5, 5.41) is 0. The van der Waals surface area contributed by atoms with Gasteiger partial charge in [-0.05, 0) is 30.3 Å². The number of aromatic nitrogens is 3. The van der Waals surface area contributed by atoms with Gasteiger partial charge in [-0.1, -0.05) is 0 Å². The number of nitrogens with zero attached hydrogens (tertiary/aromatic N) is 1. The molecule has 5 nitrogen and oxygen atoms in total. The molecule has 0 atom stereocenters. The molecular formula is C13H9N3O2. The van der Waals surface area contributed by atoms with Crippen molar-refractivity contribution in [1.82, 2.24) is 15.0 Å². The summed E-state index contributed by atoms with van der Waals surface area (Å²) < 4.78 is 0. The Morgan fingerprint density at radius 2 is 1.67 bits per heavy atom. The van der Waals surface area contributed by atoms with Gasteiger partial charge in [0.15, 0.2) is 5.78 Å². The molecule has 0 bridgehead atoms. The van der Waals surface area contributed by atoms with Gasteiger partial charge in [-0.2, -0.15) is 0 Å². The van der Waals surface area contributed by atoms with Gasteiger partial charge in [-0.25, -0.2) is 4.79 Å². The molecule has 0 aliphatic heterocycles. The van der Waals surface area contributed by atoms with Crippen molar-refractivity contribution in [1.29, 1.82) is 0 Å². The van der Waals surface area contributed by atoms with Crippen LogP contribution >= 0.6 is 0 Å². The van der Waals surface area contributed by atoms with E-state index in [4.69, 9.17) is 0 Å². The van der Waals surface area contributed by atoms with Gasteiger partial charge in [0.25, 0.3) is 0 Å². The van der Waals surface area contributed by atoms with E-state index in [9.17, 15) is 9.59 Å². The molecule has 3 aromatic rings. The van der Waals surface area contributed by atoms with Crippen LogP contribution in [0.2, 0.25) is 0 Å². The lowest BCUT2D eigenvalue weighted by molar-refractivity contribution is 0.103. The second-order valence-electron chi connectivity index (χ2n) is 3.90. The Morgan fingerprint density at radius 1 is 0.944 bits per heavy atom. The van der Waals surface area contributed by atoms with Crippen molar-refractivity contribution >= 4 is 16.8 Å². The Balaban J connectivity index is 2.09. The highest BCUT2D eigenvalue weighted by Crippen LogP contribution is 2.14. The Labute approximate surface area is 102 Å². The van der Waals surface area contributed by atoms with E-state index in [1.807, 2.05) is 0 Å². The second-order valence-corrected chi connectivity index (χ2v) is 3.90. The lowest BCUT2D eigenvalue weighted by Crippen LogP contribution is -2.01. The number of ketones is 1. The molecule has 0 spiro atoms. The van der Waals surface area contributed by atoms with Gasteiger partial charge in [0.2, 0.25) is 0 Å². The molecule has 2 heterocycles. The summed E-state index contributed by atoms with van der Waals surface area (Å²) in [6.07, 6.45) is 3.15. The molecule has 0 saturated heterocycles. The van der Waals surface area contributed by atoms with Crippen molar-refractivity contribution < 1.29 is 4.79 Å². The van der Waals surface area contributed by atoms with E-state index >= 15 is 0 Å². The van der Waals surface area contributed by atoms with Gasteiger partial charge in [0.05, 0.1) is 11.0 Å². The number of hydrogen-bond donors (Lipinski definition) is 2. The smallest absolute Gasteiger partial charge is 0.306 e. The third-order valence-corrected chi connectivity index (χ3v) is 2.72. The third kappa shape index (κ3) is 1.71. The molecule has 2 aromatic heterocycles. The molecule has 0 saturated carbocycles. The lowest BCUT2D eigenvalue weighted by Gasteiger charge is -2.00. The van der Waals surface area contributed by atoms with Crippen molar-refractivity contribution in [2.45, 2.75) is 0 Å². The Morgan fingerprint density at radius 3 is 2.44 bits per heavy atom. The number of rotatable bonds is 2. The van der Waals surface area contributed by atoms with Crippen LogP contribution in [0.4, 0.5) is 0 Å². The van der Waals surface area contributed by atoms with Gasteiger partial charge in [-0.3, -0.25) is 9.78 Å². The van der Waals surface area contributed by atoms with Gasteiger partial charge < -0.3 is 9.97 Å². The number of carbonyl (C=O) groups is 1. The molecule has 18 heavy (non-hydrogen) atoms. The minimum absolute atomic E-state index is 0.0960. The van der Waals surface area contributed by atoms with Crippen molar-refractivity contribution in [3.8, 4) is 0 Å². The molecule has 2 N–H and O–H groups in total. The van der Waals surface area contributed by atoms with Gasteiger partial charge in [0, 0.05) is 23.5 Å². The van der Waals surface area contributed by atoms with E-state index in [0.717, 1.165) is 0 Å². The predicted octanol–water partition coefficient (Wildman–Crippen LogP) is 1.48. The average molecular weight is 239 g/mol. The molecule has 0 amide bonds. The van der Waals surface area contributed by atoms with Crippen LogP contribution in [0.1, 0.15) is 15.9 Å². The summed E-state index contributed by atoms with van der Waals surface area (Å²) in [6, 6.07) is 8.38. The first-order valence-electron chi connectivity index (χ1n) is 5.41. The Hall–Kier alpha value is -2.69. The van der Waals surface area contributed by atoms with Gasteiger partial charge in [0.1, 0.15) is 0 Å². The zero-order valence-electron chi connectivity index (χ0n) is 9.31. The Kier molecular flexibility index (Phi) is 2.30. The van der Waals surface area contributed by atoms with E-state index in [0.29, 0.717) is 22.2 Å². The minimum Gasteiger partial charge on any atom is -0.306 e. The summed E-state index contributed by atoms with van der Waals surface area (Å²) in [5.74, 6) is -0.0960. The van der Waals surface area contributed by atoms with Crippen molar-refractivity contribution in [3.05, 3.63) is 64.3 Å². The Bertz CT molecular complexity index is 772. The summed E-state index contributed by atoms with van der Waals surface area (Å²) in [4.78, 5) is 32.4. The van der Waals surface area contributed by atoms with E-state index in [-0.39, 0.29) is 11.5 Å². The molecule has 0 aliphatic rings. The van der Waals surface area contributed by atoms with Crippen LogP contribution in [0.3, 0.4) is 0 Å². The quantitative estimate of drug-likeness (QED) is 0.665. The van der Waals surface area contributed by atoms with Crippen molar-refractivity contribution in [3.63, 3.8) is 0 Å². The summed E-state index contributed by atoms with van der Waals surface area (Å²) in [6.45, 7) is 0. The SMILES string of the molecule is O=C(c1ccncc1)c1ccc2[nH]c(=O)[nH]c2c1. The minimum atomic E-state index is -0.279. The number of carbonyl (C=O) groups excluding carboxylic acids is 1. The maximum atomic E-state index is 12.2. The maximum absolute atomic E-state index is 12.2. The highest BCUT2D eigenvalue weighted by atomic mass is 16.1. The molecule has 0 aliphatic carbocycles. The van der Waals surface area contributed by atoms with Gasteiger partial charge in [-0.15, -0.1) is 0 Å². The first-order valence-corrected chi connectivity index (χ1v) is 5.41. The van der Waals surface area contributed by atoms with E-state index in [1.165, 1.54) is 0 Å². The topological polar surface area (TPSA) is 78.6 Å². The predicted molar refractivity (Wildman–Crippen MR) is 66.6 cm³/mol. The number of hydrogen-bond acceptors (Lipinski definition) is 3. The van der Waals surface area contributed by atoms with Crippen LogP contribution in [0.25, 0.3) is 11.0 Å². The number of nitrogens with one attached hydrogen (secondary N) is 2. The molecule has 88 valence electrons. The van der Waals surface area contributed by atoms with Crippen LogP contribution in [0.5, 0.6) is 0 Å². The molecule has 0 fully saturated rings. The fraction of sp³-hybridized carbons (Fsp3) is 0. The number of fused-ring (bicyclic) bond motifs is 1. The molecule has 5 heteroatoms. The van der Waals surface area contributed by atoms with E-state index in [1.54, 1.807) is 42.7 Å². The van der Waals surface area contributed by atoms with Crippen LogP contribution in [-0.4, -0.2) is 20.7 Å². The number of pyridine rings is 1. The standard InChI is InChI=1S/C13H9N3O2/c17-12(8-3-5-14-6-4-8)9-1-2-10-11(7-9)16-13(18)15-10/h1-7H,(H2,15,16,18). The monoisotopic (exact) mass is 239 g/mol. The largest absolute Gasteiger partial charge is 0.323 e. The van der Waals surface area contributed by atoms with Crippen molar-refractivity contribution in [2.24, 2.45) is 0 Å². The summed E-state index contributed by atoms with van der Waals surface area (Å²) in [5.41, 5.74) is 2.14. The lowest BCUT2D eigenvalue weighted by atomic mass is 10.0. The fourth-order valence-corrected chi connectivity index (χ4v) is 1.84. The zero-order valence-corrected chi connectivity index (χ0v) is 9.31. The van der Waals surface area contributed by atoms with Crippen LogP contribution < -0.4 is 5.69 Å². The summed E-state index contributed by atoms with van der Waals surface area (Å²) in [7, 11) is 0. The van der Waals surface area contributed by atoms with E-state index in [2.05, 4.69) is 15.0 Å². The zero-order chi connectivity index (χ0) is 12.5. The fourth-order valence-electron chi connectivity index (χ4n) is 1.84. The van der Waals surface area contributed by atoms with Crippen LogP contribution in [0.15, 0.2) is 47.5 Å². The van der Waals surface area contributed by atoms with E-state index < -0.39 is 0 Å². The summed E-state index contributed by atoms with van der Waals surface area (Å²) >= 11 is 0. The average Bonchev–Trinajstić information content (AvgIpc) is 2.78. The highest BCUT2D eigenvalue weighted by molar-refractivity contribution is 6.10. The van der Waals surface area contributed by atoms with Crippen LogP contribution in [-0.2, 0) is 0 Å². The normalized spacial score (nSPS) is 10.7. The number of imidazole rings is 1. The van der Waals surface area contributed by atoms with Crippen molar-refractivity contribution in [2.75, 3.05) is 0 Å². The molecular weight excluding hydrogens is 230 g/mol.